The van der Waals surface area contributed by atoms with E-state index < -0.39 is 10.0 Å². The average Bonchev–Trinajstić information content (AvgIpc) is 2.47. The summed E-state index contributed by atoms with van der Waals surface area (Å²) >= 11 is 5.95. The van der Waals surface area contributed by atoms with Crippen molar-refractivity contribution in [2.75, 3.05) is 11.3 Å². The molecule has 0 aliphatic rings. The Balaban J connectivity index is 2.43. The molecule has 0 spiro atoms. The highest BCUT2D eigenvalue weighted by Crippen LogP contribution is 2.25. The Bertz CT molecular complexity index is 807. The Morgan fingerprint density at radius 3 is 2.48 bits per heavy atom. The summed E-state index contributed by atoms with van der Waals surface area (Å²) in [6.07, 6.45) is 0. The van der Waals surface area contributed by atoms with Gasteiger partial charge in [0.25, 0.3) is 10.0 Å². The van der Waals surface area contributed by atoms with Crippen molar-refractivity contribution in [3.8, 4) is 11.8 Å². The van der Waals surface area contributed by atoms with E-state index in [4.69, 9.17) is 16.7 Å². The summed E-state index contributed by atoms with van der Waals surface area (Å²) in [4.78, 5) is 0.0332. The second-order valence-corrected chi connectivity index (χ2v) is 6.10. The molecule has 2 aromatic carbocycles. The van der Waals surface area contributed by atoms with E-state index in [2.05, 4.69) is 16.6 Å². The van der Waals surface area contributed by atoms with Crippen LogP contribution in [0.1, 0.15) is 5.56 Å². The number of hydrogen-bond acceptors (Lipinski definition) is 3. The molecular weight excluding hydrogens is 310 g/mol. The van der Waals surface area contributed by atoms with Crippen LogP contribution in [0.25, 0.3) is 0 Å². The van der Waals surface area contributed by atoms with Crippen molar-refractivity contribution < 1.29 is 13.5 Å². The lowest BCUT2D eigenvalue weighted by molar-refractivity contribution is 0.350. The van der Waals surface area contributed by atoms with E-state index in [1.807, 2.05) is 0 Å². The monoisotopic (exact) mass is 321 g/mol. The van der Waals surface area contributed by atoms with Gasteiger partial charge in [0.15, 0.2) is 0 Å². The van der Waals surface area contributed by atoms with Crippen LogP contribution in [0.5, 0.6) is 0 Å². The lowest BCUT2D eigenvalue weighted by Crippen LogP contribution is -2.14. The van der Waals surface area contributed by atoms with Crippen LogP contribution < -0.4 is 4.72 Å². The van der Waals surface area contributed by atoms with Crippen molar-refractivity contribution in [2.45, 2.75) is 4.90 Å². The van der Waals surface area contributed by atoms with Crippen LogP contribution in [0.15, 0.2) is 53.4 Å². The van der Waals surface area contributed by atoms with Gasteiger partial charge in [-0.15, -0.1) is 0 Å². The fourth-order valence-electron chi connectivity index (χ4n) is 1.68. The molecule has 0 saturated carbocycles. The van der Waals surface area contributed by atoms with Crippen molar-refractivity contribution in [2.24, 2.45) is 0 Å². The van der Waals surface area contributed by atoms with Crippen LogP contribution in [0.2, 0.25) is 5.02 Å². The summed E-state index contributed by atoms with van der Waals surface area (Å²) in [6.45, 7) is -0.341. The minimum Gasteiger partial charge on any atom is -0.384 e. The van der Waals surface area contributed by atoms with Crippen LogP contribution in [0, 0.1) is 11.8 Å². The number of anilines is 1. The predicted octanol–water partition coefficient (Wildman–Crippen LogP) is 2.48. The molecular formula is C15H12ClNO3S. The zero-order valence-electron chi connectivity index (χ0n) is 10.9. The van der Waals surface area contributed by atoms with Gasteiger partial charge in [-0.25, -0.2) is 8.42 Å². The molecule has 0 saturated heterocycles. The molecule has 4 nitrogen and oxygen atoms in total. The maximum atomic E-state index is 12.4. The fraction of sp³-hybridized carbons (Fsp3) is 0.0667. The van der Waals surface area contributed by atoms with Gasteiger partial charge in [-0.2, -0.15) is 0 Å². The SMILES string of the molecule is O=S(=O)(Nc1ccccc1Cl)c1ccccc1C#CCO. The molecule has 0 amide bonds. The Morgan fingerprint density at radius 1 is 1.10 bits per heavy atom. The zero-order valence-corrected chi connectivity index (χ0v) is 12.4. The molecule has 0 bridgehead atoms. The lowest BCUT2D eigenvalue weighted by atomic mass is 10.2. The minimum absolute atomic E-state index is 0.0332. The third kappa shape index (κ3) is 3.76. The Hall–Kier alpha value is -2.00. The second-order valence-electron chi connectivity index (χ2n) is 4.04. The number of nitrogens with one attached hydrogen (secondary N) is 1. The summed E-state index contributed by atoms with van der Waals surface area (Å²) in [5.74, 6) is 5.06. The summed E-state index contributed by atoms with van der Waals surface area (Å²) < 4.78 is 27.3. The molecule has 0 fully saturated rings. The molecule has 0 unspecified atom stereocenters. The molecule has 0 aliphatic heterocycles. The molecule has 108 valence electrons. The number of hydrogen-bond donors (Lipinski definition) is 2. The van der Waals surface area contributed by atoms with Gasteiger partial charge in [0.1, 0.15) is 11.5 Å². The number of aliphatic hydroxyl groups is 1. The number of rotatable bonds is 3. The first-order valence-corrected chi connectivity index (χ1v) is 7.87. The van der Waals surface area contributed by atoms with Crippen LogP contribution in [0.4, 0.5) is 5.69 Å². The Morgan fingerprint density at radius 2 is 1.76 bits per heavy atom. The Labute approximate surface area is 128 Å². The van der Waals surface area contributed by atoms with Crippen molar-refractivity contribution in [1.29, 1.82) is 0 Å². The van der Waals surface area contributed by atoms with Crippen molar-refractivity contribution >= 4 is 27.3 Å². The molecule has 0 radical (unpaired) electrons. The van der Waals surface area contributed by atoms with E-state index >= 15 is 0 Å². The van der Waals surface area contributed by atoms with Gasteiger partial charge >= 0.3 is 0 Å². The largest absolute Gasteiger partial charge is 0.384 e. The van der Waals surface area contributed by atoms with Crippen LogP contribution >= 0.6 is 11.6 Å². The number of para-hydroxylation sites is 1. The molecule has 2 aromatic rings. The van der Waals surface area contributed by atoms with Crippen LogP contribution in [-0.2, 0) is 10.0 Å². The van der Waals surface area contributed by atoms with E-state index in [0.29, 0.717) is 16.3 Å². The number of benzene rings is 2. The van der Waals surface area contributed by atoms with Gasteiger partial charge in [0, 0.05) is 5.56 Å². The summed E-state index contributed by atoms with van der Waals surface area (Å²) in [7, 11) is -3.82. The third-order valence-electron chi connectivity index (χ3n) is 2.60. The molecule has 2 rings (SSSR count). The highest BCUT2D eigenvalue weighted by Gasteiger charge is 2.18. The van der Waals surface area contributed by atoms with E-state index in [9.17, 15) is 8.42 Å². The lowest BCUT2D eigenvalue weighted by Gasteiger charge is -2.10. The van der Waals surface area contributed by atoms with Gasteiger partial charge in [-0.3, -0.25) is 4.72 Å². The smallest absolute Gasteiger partial charge is 0.263 e. The van der Waals surface area contributed by atoms with E-state index in [0.717, 1.165) is 0 Å². The summed E-state index contributed by atoms with van der Waals surface area (Å²) in [5, 5.41) is 9.04. The molecule has 0 aliphatic carbocycles. The molecule has 0 atom stereocenters. The number of halogens is 1. The van der Waals surface area contributed by atoms with Gasteiger partial charge < -0.3 is 5.11 Å². The minimum atomic E-state index is -3.82. The predicted molar refractivity (Wildman–Crippen MR) is 82.7 cm³/mol. The topological polar surface area (TPSA) is 66.4 Å². The summed E-state index contributed by atoms with van der Waals surface area (Å²) in [6, 6.07) is 12.9. The van der Waals surface area contributed by atoms with Crippen LogP contribution in [0.3, 0.4) is 0 Å². The van der Waals surface area contributed by atoms with Gasteiger partial charge in [-0.1, -0.05) is 47.7 Å². The fourth-order valence-corrected chi connectivity index (χ4v) is 3.17. The molecule has 6 heteroatoms. The highest BCUT2D eigenvalue weighted by molar-refractivity contribution is 7.92. The van der Waals surface area contributed by atoms with Crippen molar-refractivity contribution in [3.63, 3.8) is 0 Å². The average molecular weight is 322 g/mol. The van der Waals surface area contributed by atoms with E-state index in [-0.39, 0.29) is 11.5 Å². The first kappa shape index (κ1) is 15.4. The second kappa shape index (κ2) is 6.64. The quantitative estimate of drug-likeness (QED) is 0.854. The molecule has 0 aromatic heterocycles. The molecule has 21 heavy (non-hydrogen) atoms. The van der Waals surface area contributed by atoms with Gasteiger partial charge in [-0.05, 0) is 24.3 Å². The maximum absolute atomic E-state index is 12.4. The van der Waals surface area contributed by atoms with Crippen LogP contribution in [-0.4, -0.2) is 20.1 Å². The number of aliphatic hydroxyl groups excluding tert-OH is 1. The summed E-state index contributed by atoms with van der Waals surface area (Å²) in [5.41, 5.74) is 0.607. The van der Waals surface area contributed by atoms with Crippen molar-refractivity contribution in [1.82, 2.24) is 0 Å². The zero-order chi connectivity index (χ0) is 15.3. The van der Waals surface area contributed by atoms with Crippen molar-refractivity contribution in [3.05, 3.63) is 59.1 Å². The maximum Gasteiger partial charge on any atom is 0.263 e. The number of sulfonamides is 1. The first-order chi connectivity index (χ1) is 10.0. The normalized spacial score (nSPS) is 10.6. The Kier molecular flexibility index (Phi) is 4.86. The first-order valence-electron chi connectivity index (χ1n) is 6.01. The third-order valence-corrected chi connectivity index (χ3v) is 4.35. The van der Waals surface area contributed by atoms with Gasteiger partial charge in [0.2, 0.25) is 0 Å². The van der Waals surface area contributed by atoms with Gasteiger partial charge in [0.05, 0.1) is 10.7 Å². The van der Waals surface area contributed by atoms with E-state index in [1.165, 1.54) is 6.07 Å². The van der Waals surface area contributed by atoms with E-state index in [1.54, 1.807) is 42.5 Å². The standard InChI is InChI=1S/C15H12ClNO3S/c16-13-8-2-3-9-14(13)17-21(19,20)15-10-4-1-6-12(15)7-5-11-18/h1-4,6,8-10,17-18H,11H2. The molecule has 2 N–H and O–H groups in total. The molecule has 0 heterocycles. The highest BCUT2D eigenvalue weighted by atomic mass is 35.5.